The van der Waals surface area contributed by atoms with E-state index in [9.17, 15) is 9.90 Å². The van der Waals surface area contributed by atoms with E-state index >= 15 is 0 Å². The van der Waals surface area contributed by atoms with Gasteiger partial charge in [-0.25, -0.2) is 14.5 Å². The molecule has 2 aromatic rings. The molecule has 2 heterocycles. The Hall–Kier alpha value is -1.95. The number of hydrogen-bond donors (Lipinski definition) is 2. The third-order valence-electron chi connectivity index (χ3n) is 2.25. The maximum absolute atomic E-state index is 11.0. The zero-order chi connectivity index (χ0) is 12.6. The minimum absolute atomic E-state index is 0.0441. The van der Waals surface area contributed by atoms with Crippen LogP contribution in [0.2, 0.25) is 0 Å². The zero-order valence-electron chi connectivity index (χ0n) is 9.58. The Morgan fingerprint density at radius 1 is 1.53 bits per heavy atom. The molecule has 0 unspecified atom stereocenters. The molecule has 0 fully saturated rings. The second-order valence-corrected chi connectivity index (χ2v) is 4.50. The summed E-state index contributed by atoms with van der Waals surface area (Å²) in [5.41, 5.74) is -0.559. The highest BCUT2D eigenvalue weighted by Gasteiger charge is 2.21. The standard InChI is InChI=1S/C11H13N3O3/c1-11(2,17)6-14-9-7(4-3-5-12-9)8(13-14)10(15)16/h3-5,17H,6H2,1-2H3,(H,15,16). The van der Waals surface area contributed by atoms with Crippen molar-refractivity contribution < 1.29 is 15.0 Å². The van der Waals surface area contributed by atoms with E-state index in [1.807, 2.05) is 0 Å². The minimum atomic E-state index is -1.10. The first-order valence-corrected chi connectivity index (χ1v) is 5.16. The topological polar surface area (TPSA) is 88.2 Å². The molecule has 17 heavy (non-hydrogen) atoms. The lowest BCUT2D eigenvalue weighted by molar-refractivity contribution is 0.0574. The summed E-state index contributed by atoms with van der Waals surface area (Å²) >= 11 is 0. The molecule has 0 aliphatic heterocycles. The van der Waals surface area contributed by atoms with Gasteiger partial charge in [-0.05, 0) is 26.0 Å². The Kier molecular flexibility index (Phi) is 2.59. The molecule has 2 aromatic heterocycles. The summed E-state index contributed by atoms with van der Waals surface area (Å²) in [5, 5.41) is 23.2. The van der Waals surface area contributed by atoms with Gasteiger partial charge >= 0.3 is 5.97 Å². The number of nitrogens with zero attached hydrogens (tertiary/aromatic N) is 3. The highest BCUT2D eigenvalue weighted by molar-refractivity contribution is 5.99. The van der Waals surface area contributed by atoms with E-state index in [-0.39, 0.29) is 12.2 Å². The van der Waals surface area contributed by atoms with Gasteiger partial charge in [0.1, 0.15) is 0 Å². The summed E-state index contributed by atoms with van der Waals surface area (Å²) in [7, 11) is 0. The van der Waals surface area contributed by atoms with Crippen LogP contribution in [0.3, 0.4) is 0 Å². The van der Waals surface area contributed by atoms with Gasteiger partial charge in [0.2, 0.25) is 0 Å². The van der Waals surface area contributed by atoms with Crippen LogP contribution in [0, 0.1) is 0 Å². The molecule has 6 heteroatoms. The molecule has 0 amide bonds. The number of carbonyl (C=O) groups is 1. The molecule has 90 valence electrons. The van der Waals surface area contributed by atoms with E-state index in [0.29, 0.717) is 11.0 Å². The number of aliphatic hydroxyl groups is 1. The molecule has 6 nitrogen and oxygen atoms in total. The van der Waals surface area contributed by atoms with Crippen LogP contribution in [0.5, 0.6) is 0 Å². The first-order chi connectivity index (χ1) is 7.88. The average molecular weight is 235 g/mol. The second-order valence-electron chi connectivity index (χ2n) is 4.50. The maximum Gasteiger partial charge on any atom is 0.357 e. The Morgan fingerprint density at radius 2 is 2.24 bits per heavy atom. The largest absolute Gasteiger partial charge is 0.476 e. The van der Waals surface area contributed by atoms with Crippen LogP contribution < -0.4 is 0 Å². The van der Waals surface area contributed by atoms with Crippen LogP contribution in [-0.2, 0) is 6.54 Å². The highest BCUT2D eigenvalue weighted by Crippen LogP contribution is 2.18. The molecule has 0 radical (unpaired) electrons. The number of aromatic nitrogens is 3. The van der Waals surface area contributed by atoms with Crippen LogP contribution >= 0.6 is 0 Å². The molecule has 0 saturated carbocycles. The number of pyridine rings is 1. The number of fused-ring (bicyclic) bond motifs is 1. The predicted octanol–water partition coefficient (Wildman–Crippen LogP) is 0.900. The summed E-state index contributed by atoms with van der Waals surface area (Å²) in [6, 6.07) is 3.31. The Morgan fingerprint density at radius 3 is 2.82 bits per heavy atom. The molecule has 0 saturated heterocycles. The molecular weight excluding hydrogens is 222 g/mol. The first-order valence-electron chi connectivity index (χ1n) is 5.16. The van der Waals surface area contributed by atoms with Crippen LogP contribution in [0.25, 0.3) is 11.0 Å². The zero-order valence-corrected chi connectivity index (χ0v) is 9.58. The van der Waals surface area contributed by atoms with Crippen LogP contribution in [0.1, 0.15) is 24.3 Å². The van der Waals surface area contributed by atoms with E-state index in [1.165, 1.54) is 4.68 Å². The van der Waals surface area contributed by atoms with Gasteiger partial charge < -0.3 is 10.2 Å². The van der Waals surface area contributed by atoms with E-state index in [4.69, 9.17) is 5.11 Å². The van der Waals surface area contributed by atoms with Gasteiger partial charge in [0.15, 0.2) is 11.3 Å². The summed E-state index contributed by atoms with van der Waals surface area (Å²) in [6.07, 6.45) is 1.57. The van der Waals surface area contributed by atoms with Crippen molar-refractivity contribution in [2.24, 2.45) is 0 Å². The number of aromatic carboxylic acids is 1. The minimum Gasteiger partial charge on any atom is -0.476 e. The van der Waals surface area contributed by atoms with Gasteiger partial charge in [0.25, 0.3) is 0 Å². The summed E-state index contributed by atoms with van der Waals surface area (Å²) < 4.78 is 1.42. The second kappa shape index (κ2) is 3.81. The molecule has 0 bridgehead atoms. The van der Waals surface area contributed by atoms with Gasteiger partial charge in [0.05, 0.1) is 17.5 Å². The lowest BCUT2D eigenvalue weighted by atomic mass is 10.1. The smallest absolute Gasteiger partial charge is 0.357 e. The van der Waals surface area contributed by atoms with Gasteiger partial charge in [-0.15, -0.1) is 0 Å². The summed E-state index contributed by atoms with van der Waals surface area (Å²) in [4.78, 5) is 15.1. The van der Waals surface area contributed by atoms with Crippen molar-refractivity contribution >= 4 is 17.0 Å². The fourth-order valence-electron chi connectivity index (χ4n) is 1.64. The monoisotopic (exact) mass is 235 g/mol. The third kappa shape index (κ3) is 2.26. The van der Waals surface area contributed by atoms with Crippen LogP contribution in [0.15, 0.2) is 18.3 Å². The number of hydrogen-bond acceptors (Lipinski definition) is 4. The van der Waals surface area contributed by atoms with Crippen molar-refractivity contribution in [2.75, 3.05) is 0 Å². The SMILES string of the molecule is CC(C)(O)Cn1nc(C(=O)O)c2cccnc21. The molecule has 0 atom stereocenters. The molecule has 2 rings (SSSR count). The van der Waals surface area contributed by atoms with Gasteiger partial charge in [-0.1, -0.05) is 0 Å². The van der Waals surface area contributed by atoms with Crippen molar-refractivity contribution in [1.82, 2.24) is 14.8 Å². The quantitative estimate of drug-likeness (QED) is 0.825. The number of carboxylic acid groups (broad SMARTS) is 1. The van der Waals surface area contributed by atoms with Gasteiger partial charge in [0, 0.05) is 6.20 Å². The molecule has 0 aliphatic rings. The van der Waals surface area contributed by atoms with Crippen molar-refractivity contribution in [1.29, 1.82) is 0 Å². The molecule has 0 spiro atoms. The number of carboxylic acids is 1. The fourth-order valence-corrected chi connectivity index (χ4v) is 1.64. The summed E-state index contributed by atoms with van der Waals surface area (Å²) in [6.45, 7) is 3.45. The fraction of sp³-hybridized carbons (Fsp3) is 0.364. The average Bonchev–Trinajstić information content (AvgIpc) is 2.55. The normalized spacial score (nSPS) is 11.9. The van der Waals surface area contributed by atoms with E-state index in [0.717, 1.165) is 0 Å². The first kappa shape index (κ1) is 11.5. The third-order valence-corrected chi connectivity index (χ3v) is 2.25. The van der Waals surface area contributed by atoms with E-state index in [2.05, 4.69) is 10.1 Å². The molecular formula is C11H13N3O3. The summed E-state index contributed by atoms with van der Waals surface area (Å²) in [5.74, 6) is -1.10. The van der Waals surface area contributed by atoms with Gasteiger partial charge in [-0.2, -0.15) is 5.10 Å². The molecule has 0 aliphatic carbocycles. The van der Waals surface area contributed by atoms with Crippen LogP contribution in [-0.4, -0.2) is 36.5 Å². The lowest BCUT2D eigenvalue weighted by Crippen LogP contribution is -2.27. The van der Waals surface area contributed by atoms with Crippen molar-refractivity contribution in [2.45, 2.75) is 26.0 Å². The Balaban J connectivity index is 2.61. The number of rotatable bonds is 3. The van der Waals surface area contributed by atoms with Crippen molar-refractivity contribution in [3.05, 3.63) is 24.0 Å². The van der Waals surface area contributed by atoms with Crippen molar-refractivity contribution in [3.63, 3.8) is 0 Å². The van der Waals surface area contributed by atoms with Gasteiger partial charge in [-0.3, -0.25) is 0 Å². The lowest BCUT2D eigenvalue weighted by Gasteiger charge is -2.16. The Bertz CT molecular complexity index is 569. The van der Waals surface area contributed by atoms with E-state index in [1.54, 1.807) is 32.2 Å². The maximum atomic E-state index is 11.0. The van der Waals surface area contributed by atoms with E-state index < -0.39 is 11.6 Å². The van der Waals surface area contributed by atoms with Crippen molar-refractivity contribution in [3.8, 4) is 0 Å². The van der Waals surface area contributed by atoms with Crippen LogP contribution in [0.4, 0.5) is 0 Å². The Labute approximate surface area is 97.5 Å². The molecule has 0 aromatic carbocycles. The predicted molar refractivity (Wildman–Crippen MR) is 60.8 cm³/mol. The highest BCUT2D eigenvalue weighted by atomic mass is 16.4. The molecule has 2 N–H and O–H groups in total.